The van der Waals surface area contributed by atoms with Gasteiger partial charge in [-0.1, -0.05) is 34.8 Å². The lowest BCUT2D eigenvalue weighted by Crippen LogP contribution is -2.06. The fourth-order valence-electron chi connectivity index (χ4n) is 0.510. The zero-order valence-electron chi connectivity index (χ0n) is 10.3. The Balaban J connectivity index is -0.0000000681. The van der Waals surface area contributed by atoms with Crippen LogP contribution in [-0.4, -0.2) is 60.6 Å². The molecule has 1 aliphatic heterocycles. The molecule has 1 fully saturated rings. The van der Waals surface area contributed by atoms with E-state index < -0.39 is 4.30 Å². The largest absolute Gasteiger partial charge is 0.412 e. The molecule has 5 nitrogen and oxygen atoms in total. The number of rotatable bonds is 1. The molecule has 1 amide bonds. The van der Waals surface area contributed by atoms with Crippen LogP contribution in [0.2, 0.25) is 0 Å². The molecule has 1 heterocycles. The Hall–Kier alpha value is 0.220. The van der Waals surface area contributed by atoms with E-state index in [0.717, 1.165) is 26.7 Å². The third-order valence-electron chi connectivity index (χ3n) is 1.04. The van der Waals surface area contributed by atoms with Crippen molar-refractivity contribution in [1.82, 2.24) is 4.90 Å². The third-order valence-corrected chi connectivity index (χ3v) is 1.04. The van der Waals surface area contributed by atoms with Crippen molar-refractivity contribution in [3.8, 4) is 0 Å². The fourth-order valence-corrected chi connectivity index (χ4v) is 0.510. The molecular formula is C9H22Cl3NO4. The molecule has 0 aromatic rings. The fraction of sp³-hybridized carbons (Fsp3) is 0.889. The smallest absolute Gasteiger partial charge is 0.209 e. The Morgan fingerprint density at radius 2 is 1.41 bits per heavy atom. The lowest BCUT2D eigenvalue weighted by molar-refractivity contribution is -0.115. The molecule has 0 spiro atoms. The first-order chi connectivity index (χ1) is 7.50. The quantitative estimate of drug-likeness (QED) is 0.584. The van der Waals surface area contributed by atoms with Crippen LogP contribution in [0.5, 0.6) is 0 Å². The van der Waals surface area contributed by atoms with Crippen molar-refractivity contribution < 1.29 is 20.1 Å². The summed E-state index contributed by atoms with van der Waals surface area (Å²) in [6.07, 6.45) is 3.31. The van der Waals surface area contributed by atoms with Crippen LogP contribution in [0.25, 0.3) is 0 Å². The first kappa shape index (κ1) is 25.9. The van der Waals surface area contributed by atoms with Crippen LogP contribution >= 0.6 is 34.8 Å². The molecule has 3 N–H and O–H groups in total. The van der Waals surface area contributed by atoms with Crippen LogP contribution in [-0.2, 0) is 9.53 Å². The van der Waals surface area contributed by atoms with Crippen LogP contribution in [0.4, 0.5) is 0 Å². The first-order valence-corrected chi connectivity index (χ1v) is 5.88. The highest BCUT2D eigenvalue weighted by Gasteiger charge is 1.94. The Bertz CT molecular complexity index is 114. The zero-order valence-corrected chi connectivity index (χ0v) is 12.6. The lowest BCUT2D eigenvalue weighted by atomic mass is 10.4. The predicted molar refractivity (Wildman–Crippen MR) is 72.9 cm³/mol. The topological polar surface area (TPSA) is 81.3 Å². The summed E-state index contributed by atoms with van der Waals surface area (Å²) in [6.45, 7) is 2.00. The predicted octanol–water partition coefficient (Wildman–Crippen LogP) is 1.27. The van der Waals surface area contributed by atoms with Gasteiger partial charge in [0.25, 0.3) is 0 Å². The van der Waals surface area contributed by atoms with Crippen molar-refractivity contribution in [1.29, 1.82) is 0 Å². The first-order valence-electron chi connectivity index (χ1n) is 4.57. The maximum atomic E-state index is 9.43. The van der Waals surface area contributed by atoms with Crippen molar-refractivity contribution in [3.05, 3.63) is 0 Å². The number of aliphatic hydroxyl groups excluding tert-OH is 1. The molecule has 1 aliphatic rings. The van der Waals surface area contributed by atoms with Gasteiger partial charge in [-0.15, -0.1) is 0 Å². The van der Waals surface area contributed by atoms with Crippen molar-refractivity contribution >= 4 is 41.2 Å². The molecule has 0 aromatic carbocycles. The normalized spacial score (nSPS) is 11.5. The number of ether oxygens (including phenoxy) is 1. The van der Waals surface area contributed by atoms with Gasteiger partial charge in [0.05, 0.1) is 0 Å². The van der Waals surface area contributed by atoms with Gasteiger partial charge < -0.3 is 20.2 Å². The average molecular weight is 315 g/mol. The number of carbonyl (C=O) groups is 1. The number of halogens is 3. The Kier molecular flexibility index (Phi) is 38.4. The third kappa shape index (κ3) is 62.9. The summed E-state index contributed by atoms with van der Waals surface area (Å²) in [5.41, 5.74) is 0. The lowest BCUT2D eigenvalue weighted by Gasteiger charge is -1.93. The van der Waals surface area contributed by atoms with E-state index in [1.165, 1.54) is 17.7 Å². The van der Waals surface area contributed by atoms with Crippen molar-refractivity contribution in [3.63, 3.8) is 0 Å². The molecule has 0 unspecified atom stereocenters. The standard InChI is InChI=1S/C4H8O.C3H7NO.CHCl3.CH4O.H2O/c1-2-4-5-3-1;1-4(2)3-5;2-1(3)4;1-2;/h1-4H2;3H,1-2H3;1H;2H,1H3;1H2. The molecule has 0 aromatic heterocycles. The molecule has 17 heavy (non-hydrogen) atoms. The number of nitrogens with zero attached hydrogens (tertiary/aromatic N) is 1. The summed E-state index contributed by atoms with van der Waals surface area (Å²) in [5, 5.41) is 7.00. The number of hydrogen-bond acceptors (Lipinski definition) is 3. The second-order valence-corrected chi connectivity index (χ2v) is 4.62. The van der Waals surface area contributed by atoms with Gasteiger partial charge in [0.15, 0.2) is 4.30 Å². The van der Waals surface area contributed by atoms with Crippen LogP contribution in [0.15, 0.2) is 0 Å². The van der Waals surface area contributed by atoms with Crippen LogP contribution < -0.4 is 0 Å². The molecule has 1 saturated heterocycles. The van der Waals surface area contributed by atoms with E-state index in [-0.39, 0.29) is 5.48 Å². The van der Waals surface area contributed by atoms with Gasteiger partial charge >= 0.3 is 0 Å². The average Bonchev–Trinajstić information content (AvgIpc) is 2.78. The van der Waals surface area contributed by atoms with Crippen LogP contribution in [0, 0.1) is 0 Å². The van der Waals surface area contributed by atoms with E-state index in [1.54, 1.807) is 14.1 Å². The van der Waals surface area contributed by atoms with Crippen molar-refractivity contribution in [2.24, 2.45) is 0 Å². The SMILES string of the molecule is C1CCOC1.CN(C)C=O.CO.ClC(Cl)Cl.O. The van der Waals surface area contributed by atoms with Gasteiger partial charge in [-0.25, -0.2) is 0 Å². The highest BCUT2D eigenvalue weighted by atomic mass is 35.6. The highest BCUT2D eigenvalue weighted by molar-refractivity contribution is 6.63. The van der Waals surface area contributed by atoms with E-state index >= 15 is 0 Å². The van der Waals surface area contributed by atoms with Crippen molar-refractivity contribution in [2.45, 2.75) is 17.1 Å². The van der Waals surface area contributed by atoms with E-state index in [9.17, 15) is 4.79 Å². The molecule has 1 rings (SSSR count). The molecule has 0 saturated carbocycles. The minimum absolute atomic E-state index is 0. The minimum Gasteiger partial charge on any atom is -0.412 e. The van der Waals surface area contributed by atoms with Gasteiger partial charge in [-0.2, -0.15) is 0 Å². The molecule has 8 heteroatoms. The Labute approximate surface area is 118 Å². The number of hydrogen-bond donors (Lipinski definition) is 1. The van der Waals surface area contributed by atoms with Gasteiger partial charge in [-0.05, 0) is 12.8 Å². The van der Waals surface area contributed by atoms with Gasteiger partial charge in [0.2, 0.25) is 6.41 Å². The second kappa shape index (κ2) is 25.2. The molecule has 0 radical (unpaired) electrons. The zero-order chi connectivity index (χ0) is 13.4. The highest BCUT2D eigenvalue weighted by Crippen LogP contribution is 2.03. The monoisotopic (exact) mass is 313 g/mol. The molecular weight excluding hydrogens is 292 g/mol. The summed E-state index contributed by atoms with van der Waals surface area (Å²) >= 11 is 14.4. The second-order valence-electron chi connectivity index (χ2n) is 2.64. The molecule has 108 valence electrons. The molecule has 0 bridgehead atoms. The Morgan fingerprint density at radius 1 is 1.18 bits per heavy atom. The number of amides is 1. The molecule has 0 aliphatic carbocycles. The van der Waals surface area contributed by atoms with E-state index in [2.05, 4.69) is 0 Å². The Morgan fingerprint density at radius 3 is 1.47 bits per heavy atom. The number of alkyl halides is 3. The number of aliphatic hydroxyl groups is 1. The summed E-state index contributed by atoms with van der Waals surface area (Å²) in [5.74, 6) is 0. The van der Waals surface area contributed by atoms with Crippen LogP contribution in [0.3, 0.4) is 0 Å². The van der Waals surface area contributed by atoms with E-state index in [1.807, 2.05) is 0 Å². The maximum Gasteiger partial charge on any atom is 0.209 e. The van der Waals surface area contributed by atoms with Crippen molar-refractivity contribution in [2.75, 3.05) is 34.4 Å². The summed E-state index contributed by atoms with van der Waals surface area (Å²) in [6, 6.07) is 0. The van der Waals surface area contributed by atoms with Gasteiger partial charge in [0.1, 0.15) is 0 Å². The van der Waals surface area contributed by atoms with E-state index in [0.29, 0.717) is 0 Å². The molecule has 0 atom stereocenters. The summed E-state index contributed by atoms with van der Waals surface area (Å²) in [4.78, 5) is 10.9. The minimum atomic E-state index is -0.750. The van der Waals surface area contributed by atoms with Crippen LogP contribution in [0.1, 0.15) is 12.8 Å². The van der Waals surface area contributed by atoms with E-state index in [4.69, 9.17) is 44.6 Å². The summed E-state index contributed by atoms with van der Waals surface area (Å²) in [7, 11) is 4.38. The summed E-state index contributed by atoms with van der Waals surface area (Å²) < 4.78 is 4.19. The van der Waals surface area contributed by atoms with Gasteiger partial charge in [-0.3, -0.25) is 4.79 Å². The number of carbonyl (C=O) groups excluding carboxylic acids is 1. The maximum absolute atomic E-state index is 9.43. The van der Waals surface area contributed by atoms with Gasteiger partial charge in [0, 0.05) is 34.4 Å².